The zero-order valence-electron chi connectivity index (χ0n) is 12.3. The van der Waals surface area contributed by atoms with Gasteiger partial charge in [0, 0.05) is 29.9 Å². The molecule has 0 atom stereocenters. The molecule has 4 nitrogen and oxygen atoms in total. The average Bonchev–Trinajstić information content (AvgIpc) is 2.86. The molecule has 2 heterocycles. The summed E-state index contributed by atoms with van der Waals surface area (Å²) in [4.78, 5) is 4.49. The Bertz CT molecular complexity index is 777. The Morgan fingerprint density at radius 3 is 2.86 bits per heavy atom. The number of aryl methyl sites for hydroxylation is 1. The summed E-state index contributed by atoms with van der Waals surface area (Å²) in [5.41, 5.74) is 10.3. The molecular weight excluding hydrogens is 262 g/mol. The minimum Gasteiger partial charge on any atom is -0.496 e. The predicted molar refractivity (Wildman–Crippen MR) is 84.5 cm³/mol. The van der Waals surface area contributed by atoms with Crippen LogP contribution < -0.4 is 10.5 Å². The van der Waals surface area contributed by atoms with E-state index in [4.69, 9.17) is 10.5 Å². The topological polar surface area (TPSA) is 53.1 Å². The summed E-state index contributed by atoms with van der Waals surface area (Å²) >= 11 is 0. The molecule has 0 saturated heterocycles. The highest BCUT2D eigenvalue weighted by Crippen LogP contribution is 2.24. The Kier molecular flexibility index (Phi) is 3.62. The van der Waals surface area contributed by atoms with E-state index in [0.717, 1.165) is 34.5 Å². The van der Waals surface area contributed by atoms with E-state index in [1.165, 1.54) is 5.56 Å². The first-order valence-electron chi connectivity index (χ1n) is 6.99. The molecule has 0 spiro atoms. The maximum absolute atomic E-state index is 5.84. The number of hydrogen-bond donors (Lipinski definition) is 1. The molecule has 0 aliphatic rings. The molecular formula is C17H19N3O. The van der Waals surface area contributed by atoms with Crippen LogP contribution in [0, 0.1) is 6.92 Å². The van der Waals surface area contributed by atoms with Gasteiger partial charge in [0.15, 0.2) is 0 Å². The molecule has 2 aromatic heterocycles. The van der Waals surface area contributed by atoms with Crippen LogP contribution in [0.1, 0.15) is 16.7 Å². The second-order valence-electron chi connectivity index (χ2n) is 5.18. The molecule has 4 heteroatoms. The van der Waals surface area contributed by atoms with Gasteiger partial charge in [-0.2, -0.15) is 0 Å². The first-order valence-corrected chi connectivity index (χ1v) is 6.99. The second-order valence-corrected chi connectivity index (χ2v) is 5.18. The van der Waals surface area contributed by atoms with Crippen LogP contribution in [-0.4, -0.2) is 16.7 Å². The number of nitrogens with zero attached hydrogens (tertiary/aromatic N) is 2. The molecule has 3 rings (SSSR count). The number of rotatable bonds is 4. The standard InChI is InChI=1S/C17H19N3O/c1-12-5-6-16(21-2)13(8-12)10-20-11-14(9-18)15-4-3-7-19-17(15)20/h3-8,11H,9-10,18H2,1-2H3. The normalized spacial score (nSPS) is 11.0. The first kappa shape index (κ1) is 13.6. The van der Waals surface area contributed by atoms with E-state index in [2.05, 4.69) is 40.9 Å². The maximum Gasteiger partial charge on any atom is 0.140 e. The molecule has 0 bridgehead atoms. The minimum atomic E-state index is 0.514. The number of benzene rings is 1. The summed E-state index contributed by atoms with van der Waals surface area (Å²) < 4.78 is 7.59. The molecule has 0 unspecified atom stereocenters. The lowest BCUT2D eigenvalue weighted by atomic mass is 10.1. The SMILES string of the molecule is COc1ccc(C)cc1Cn1cc(CN)c2cccnc21. The number of pyridine rings is 1. The molecule has 108 valence electrons. The van der Waals surface area contributed by atoms with Gasteiger partial charge in [0.1, 0.15) is 11.4 Å². The lowest BCUT2D eigenvalue weighted by molar-refractivity contribution is 0.408. The van der Waals surface area contributed by atoms with E-state index in [9.17, 15) is 0 Å². The Balaban J connectivity index is 2.08. The predicted octanol–water partition coefficient (Wildman–Crippen LogP) is 2.86. The second kappa shape index (κ2) is 5.58. The molecule has 0 amide bonds. The van der Waals surface area contributed by atoms with Crippen molar-refractivity contribution in [3.63, 3.8) is 0 Å². The van der Waals surface area contributed by atoms with Gasteiger partial charge in [0.25, 0.3) is 0 Å². The third-order valence-corrected chi connectivity index (χ3v) is 3.71. The average molecular weight is 281 g/mol. The Morgan fingerprint density at radius 2 is 2.10 bits per heavy atom. The highest BCUT2D eigenvalue weighted by molar-refractivity contribution is 5.80. The maximum atomic E-state index is 5.84. The summed E-state index contributed by atoms with van der Waals surface area (Å²) in [6, 6.07) is 10.2. The van der Waals surface area contributed by atoms with Crippen molar-refractivity contribution >= 4 is 11.0 Å². The lowest BCUT2D eigenvalue weighted by Gasteiger charge is -2.11. The number of methoxy groups -OCH3 is 1. The molecule has 1 aromatic carbocycles. The number of aromatic nitrogens is 2. The molecule has 3 aromatic rings. The molecule has 0 aliphatic carbocycles. The van der Waals surface area contributed by atoms with Crippen LogP contribution in [0.5, 0.6) is 5.75 Å². The van der Waals surface area contributed by atoms with Crippen LogP contribution in [0.15, 0.2) is 42.7 Å². The summed E-state index contributed by atoms with van der Waals surface area (Å²) in [6.45, 7) is 3.32. The molecule has 0 radical (unpaired) electrons. The molecule has 0 saturated carbocycles. The van der Waals surface area contributed by atoms with E-state index in [1.807, 2.05) is 18.3 Å². The van der Waals surface area contributed by atoms with Crippen LogP contribution in [0.25, 0.3) is 11.0 Å². The van der Waals surface area contributed by atoms with Crippen LogP contribution in [0.4, 0.5) is 0 Å². The summed E-state index contributed by atoms with van der Waals surface area (Å²) in [5.74, 6) is 0.896. The Hall–Kier alpha value is -2.33. The van der Waals surface area contributed by atoms with Gasteiger partial charge in [0.05, 0.1) is 13.7 Å². The van der Waals surface area contributed by atoms with Crippen LogP contribution in [0.3, 0.4) is 0 Å². The highest BCUT2D eigenvalue weighted by Gasteiger charge is 2.10. The van der Waals surface area contributed by atoms with Crippen molar-refractivity contribution in [2.75, 3.05) is 7.11 Å². The summed E-state index contributed by atoms with van der Waals surface area (Å²) in [6.07, 6.45) is 3.89. The fourth-order valence-electron chi connectivity index (χ4n) is 2.69. The van der Waals surface area contributed by atoms with Gasteiger partial charge < -0.3 is 15.0 Å². The van der Waals surface area contributed by atoms with Crippen molar-refractivity contribution in [3.05, 3.63) is 59.4 Å². The van der Waals surface area contributed by atoms with Gasteiger partial charge in [-0.3, -0.25) is 0 Å². The zero-order chi connectivity index (χ0) is 14.8. The first-order chi connectivity index (χ1) is 10.2. The number of hydrogen-bond acceptors (Lipinski definition) is 3. The van der Waals surface area contributed by atoms with Crippen molar-refractivity contribution in [3.8, 4) is 5.75 Å². The smallest absolute Gasteiger partial charge is 0.140 e. The van der Waals surface area contributed by atoms with Crippen molar-refractivity contribution in [2.24, 2.45) is 5.73 Å². The van der Waals surface area contributed by atoms with Gasteiger partial charge in [-0.1, -0.05) is 17.7 Å². The summed E-state index contributed by atoms with van der Waals surface area (Å²) in [5, 5.41) is 1.12. The van der Waals surface area contributed by atoms with Gasteiger partial charge in [0.2, 0.25) is 0 Å². The van der Waals surface area contributed by atoms with Crippen molar-refractivity contribution in [1.29, 1.82) is 0 Å². The molecule has 0 aliphatic heterocycles. The fourth-order valence-corrected chi connectivity index (χ4v) is 2.69. The van der Waals surface area contributed by atoms with E-state index >= 15 is 0 Å². The van der Waals surface area contributed by atoms with Crippen molar-refractivity contribution in [1.82, 2.24) is 9.55 Å². The number of ether oxygens (including phenoxy) is 1. The number of nitrogens with two attached hydrogens (primary N) is 1. The Morgan fingerprint density at radius 1 is 1.24 bits per heavy atom. The third-order valence-electron chi connectivity index (χ3n) is 3.71. The number of fused-ring (bicyclic) bond motifs is 1. The monoisotopic (exact) mass is 281 g/mol. The van der Waals surface area contributed by atoms with E-state index in [1.54, 1.807) is 7.11 Å². The third kappa shape index (κ3) is 2.50. The lowest BCUT2D eigenvalue weighted by Crippen LogP contribution is -2.02. The van der Waals surface area contributed by atoms with E-state index in [-0.39, 0.29) is 0 Å². The highest BCUT2D eigenvalue weighted by atomic mass is 16.5. The summed E-state index contributed by atoms with van der Waals surface area (Å²) in [7, 11) is 1.70. The van der Waals surface area contributed by atoms with E-state index in [0.29, 0.717) is 6.54 Å². The van der Waals surface area contributed by atoms with E-state index < -0.39 is 0 Å². The van der Waals surface area contributed by atoms with Gasteiger partial charge in [-0.25, -0.2) is 4.98 Å². The van der Waals surface area contributed by atoms with Crippen LogP contribution in [-0.2, 0) is 13.1 Å². The van der Waals surface area contributed by atoms with Crippen LogP contribution in [0.2, 0.25) is 0 Å². The van der Waals surface area contributed by atoms with Gasteiger partial charge in [-0.15, -0.1) is 0 Å². The largest absolute Gasteiger partial charge is 0.496 e. The van der Waals surface area contributed by atoms with Gasteiger partial charge >= 0.3 is 0 Å². The van der Waals surface area contributed by atoms with Gasteiger partial charge in [-0.05, 0) is 30.7 Å². The zero-order valence-corrected chi connectivity index (χ0v) is 12.3. The molecule has 0 fully saturated rings. The van der Waals surface area contributed by atoms with Crippen LogP contribution >= 0.6 is 0 Å². The molecule has 2 N–H and O–H groups in total. The minimum absolute atomic E-state index is 0.514. The fraction of sp³-hybridized carbons (Fsp3) is 0.235. The Labute approximate surface area is 124 Å². The van der Waals surface area contributed by atoms with Crippen molar-refractivity contribution in [2.45, 2.75) is 20.0 Å². The quantitative estimate of drug-likeness (QED) is 0.800. The van der Waals surface area contributed by atoms with Crippen molar-refractivity contribution < 1.29 is 4.74 Å². The molecule has 21 heavy (non-hydrogen) atoms.